The third-order valence-corrected chi connectivity index (χ3v) is 6.59. The van der Waals surface area contributed by atoms with Gasteiger partial charge in [-0.15, -0.1) is 0 Å². The number of carbonyl (C=O) groups excluding carboxylic acids is 2. The van der Waals surface area contributed by atoms with Crippen molar-refractivity contribution in [3.05, 3.63) is 30.1 Å². The average Bonchev–Trinajstić information content (AvgIpc) is 2.86. The quantitative estimate of drug-likeness (QED) is 0.787. The highest BCUT2D eigenvalue weighted by molar-refractivity contribution is 6.07. The topological polar surface area (TPSA) is 68.8 Å². The maximum Gasteiger partial charge on any atom is 0.326 e. The Kier molecular flexibility index (Phi) is 5.38. The summed E-state index contributed by atoms with van der Waals surface area (Å²) in [4.78, 5) is 36.2. The van der Waals surface area contributed by atoms with Crippen molar-refractivity contribution in [1.82, 2.24) is 25.0 Å². The molecule has 2 aliphatic heterocycles. The van der Waals surface area contributed by atoms with E-state index in [1.54, 1.807) is 0 Å². The van der Waals surface area contributed by atoms with Crippen molar-refractivity contribution in [3.63, 3.8) is 0 Å². The van der Waals surface area contributed by atoms with Crippen molar-refractivity contribution >= 4 is 11.9 Å². The fourth-order valence-corrected chi connectivity index (χ4v) is 5.67. The van der Waals surface area contributed by atoms with E-state index in [-0.39, 0.29) is 17.4 Å². The number of piperazine rings is 1. The van der Waals surface area contributed by atoms with E-state index in [9.17, 15) is 9.59 Å². The number of imide groups is 1. The molecule has 1 spiro atoms. The van der Waals surface area contributed by atoms with Gasteiger partial charge in [0, 0.05) is 45.1 Å². The predicted octanol–water partition coefficient (Wildman–Crippen LogP) is 2.29. The van der Waals surface area contributed by atoms with Crippen LogP contribution in [-0.4, -0.2) is 70.0 Å². The number of hydrogen-bond acceptors (Lipinski definition) is 5. The first-order valence-electron chi connectivity index (χ1n) is 10.7. The molecular weight excluding hydrogens is 366 g/mol. The molecule has 3 fully saturated rings. The molecule has 4 rings (SSSR count). The minimum Gasteiger partial charge on any atom is -0.323 e. The van der Waals surface area contributed by atoms with Gasteiger partial charge in [-0.05, 0) is 48.3 Å². The zero-order valence-corrected chi connectivity index (χ0v) is 17.9. The Hall–Kier alpha value is -1.99. The van der Waals surface area contributed by atoms with Crippen LogP contribution in [0.3, 0.4) is 0 Å². The van der Waals surface area contributed by atoms with Gasteiger partial charge in [0.15, 0.2) is 0 Å². The van der Waals surface area contributed by atoms with Crippen LogP contribution in [0.15, 0.2) is 24.5 Å². The van der Waals surface area contributed by atoms with Gasteiger partial charge in [0.2, 0.25) is 0 Å². The Morgan fingerprint density at radius 1 is 1.07 bits per heavy atom. The largest absolute Gasteiger partial charge is 0.326 e. The maximum absolute atomic E-state index is 13.3. The van der Waals surface area contributed by atoms with Crippen molar-refractivity contribution in [2.45, 2.75) is 52.1 Å². The van der Waals surface area contributed by atoms with E-state index >= 15 is 0 Å². The van der Waals surface area contributed by atoms with Gasteiger partial charge in [0.05, 0.1) is 6.67 Å². The molecule has 29 heavy (non-hydrogen) atoms. The van der Waals surface area contributed by atoms with E-state index in [1.165, 1.54) is 10.5 Å². The summed E-state index contributed by atoms with van der Waals surface area (Å²) >= 11 is 0. The summed E-state index contributed by atoms with van der Waals surface area (Å²) in [5.74, 6) is 0.404. The molecule has 0 bridgehead atoms. The Bertz CT molecular complexity index is 760. The van der Waals surface area contributed by atoms with E-state index in [0.717, 1.165) is 52.0 Å². The van der Waals surface area contributed by atoms with Crippen LogP contribution in [0.25, 0.3) is 0 Å². The van der Waals surface area contributed by atoms with Gasteiger partial charge in [-0.25, -0.2) is 9.69 Å². The molecule has 0 radical (unpaired) electrons. The van der Waals surface area contributed by atoms with Crippen LogP contribution in [0, 0.1) is 11.3 Å². The van der Waals surface area contributed by atoms with Gasteiger partial charge in [-0.1, -0.05) is 20.8 Å². The van der Waals surface area contributed by atoms with Crippen LogP contribution in [-0.2, 0) is 11.3 Å². The zero-order chi connectivity index (χ0) is 20.6. The second-order valence-corrected chi connectivity index (χ2v) is 9.99. The van der Waals surface area contributed by atoms with Gasteiger partial charge < -0.3 is 5.32 Å². The van der Waals surface area contributed by atoms with Crippen molar-refractivity contribution in [2.75, 3.05) is 32.8 Å². The van der Waals surface area contributed by atoms with Crippen LogP contribution >= 0.6 is 0 Å². The summed E-state index contributed by atoms with van der Waals surface area (Å²) in [6, 6.07) is 3.87. The van der Waals surface area contributed by atoms with Crippen LogP contribution < -0.4 is 5.32 Å². The molecule has 2 atom stereocenters. The predicted molar refractivity (Wildman–Crippen MR) is 111 cm³/mol. The monoisotopic (exact) mass is 399 g/mol. The minimum atomic E-state index is -0.707. The molecule has 1 aromatic heterocycles. The van der Waals surface area contributed by atoms with Crippen LogP contribution in [0.4, 0.5) is 4.79 Å². The first-order chi connectivity index (χ1) is 13.8. The van der Waals surface area contributed by atoms with E-state index in [2.05, 4.69) is 40.9 Å². The van der Waals surface area contributed by atoms with E-state index in [1.807, 2.05) is 24.5 Å². The summed E-state index contributed by atoms with van der Waals surface area (Å²) < 4.78 is 0. The zero-order valence-electron chi connectivity index (χ0n) is 17.9. The number of urea groups is 1. The molecule has 2 saturated heterocycles. The molecule has 1 N–H and O–H groups in total. The van der Waals surface area contributed by atoms with Gasteiger partial charge in [0.1, 0.15) is 5.54 Å². The second-order valence-electron chi connectivity index (χ2n) is 9.99. The molecule has 7 nitrogen and oxygen atoms in total. The lowest BCUT2D eigenvalue weighted by atomic mass is 9.64. The first-order valence-corrected chi connectivity index (χ1v) is 10.7. The van der Waals surface area contributed by atoms with E-state index < -0.39 is 5.54 Å². The molecule has 1 aromatic rings. The van der Waals surface area contributed by atoms with Crippen molar-refractivity contribution in [3.8, 4) is 0 Å². The fourth-order valence-electron chi connectivity index (χ4n) is 5.67. The first kappa shape index (κ1) is 20.3. The van der Waals surface area contributed by atoms with E-state index in [4.69, 9.17) is 0 Å². The number of rotatable bonds is 4. The lowest BCUT2D eigenvalue weighted by molar-refractivity contribution is -0.136. The third kappa shape index (κ3) is 4.31. The molecular formula is C22H33N5O2. The standard InChI is InChI=1S/C22H33N5O2/c1-17-12-21(2,3)15-22(13-17)19(28)27(20(29)24-22)16-26-10-8-25(9-11-26)14-18-4-6-23-7-5-18/h4-7,17H,8-16H2,1-3H3,(H,24,29)/t17-,22+/m1/s1. The number of hydrogen-bond donors (Lipinski definition) is 1. The van der Waals surface area contributed by atoms with Gasteiger partial charge >= 0.3 is 6.03 Å². The fraction of sp³-hybridized carbons (Fsp3) is 0.682. The number of nitrogens with one attached hydrogen (secondary N) is 1. The number of pyridine rings is 1. The molecule has 7 heteroatoms. The summed E-state index contributed by atoms with van der Waals surface area (Å²) in [6.45, 7) is 11.5. The lowest BCUT2D eigenvalue weighted by Crippen LogP contribution is -2.55. The number of amides is 3. The van der Waals surface area contributed by atoms with Crippen molar-refractivity contribution < 1.29 is 9.59 Å². The highest BCUT2D eigenvalue weighted by Gasteiger charge is 2.56. The maximum atomic E-state index is 13.3. The molecule has 3 amide bonds. The highest BCUT2D eigenvalue weighted by Crippen LogP contribution is 2.46. The molecule has 0 unspecified atom stereocenters. The molecule has 3 aliphatic rings. The molecule has 3 heterocycles. The third-order valence-electron chi connectivity index (χ3n) is 6.59. The normalized spacial score (nSPS) is 30.7. The molecule has 0 aromatic carbocycles. The smallest absolute Gasteiger partial charge is 0.323 e. The van der Waals surface area contributed by atoms with E-state index in [0.29, 0.717) is 12.6 Å². The Morgan fingerprint density at radius 2 is 1.72 bits per heavy atom. The second kappa shape index (κ2) is 7.69. The molecule has 158 valence electrons. The summed E-state index contributed by atoms with van der Waals surface area (Å²) in [6.07, 6.45) is 6.22. The average molecular weight is 400 g/mol. The van der Waals surface area contributed by atoms with Gasteiger partial charge in [-0.3, -0.25) is 19.6 Å². The van der Waals surface area contributed by atoms with Gasteiger partial charge in [0.25, 0.3) is 5.91 Å². The molecule has 1 aliphatic carbocycles. The highest BCUT2D eigenvalue weighted by atomic mass is 16.2. The van der Waals surface area contributed by atoms with Crippen molar-refractivity contribution in [1.29, 1.82) is 0 Å². The lowest BCUT2D eigenvalue weighted by Gasteiger charge is -2.44. The Balaban J connectivity index is 1.34. The minimum absolute atomic E-state index is 0.0265. The van der Waals surface area contributed by atoms with Crippen molar-refractivity contribution in [2.24, 2.45) is 11.3 Å². The summed E-state index contributed by atoms with van der Waals surface area (Å²) in [5, 5.41) is 3.08. The number of carbonyl (C=O) groups is 2. The summed E-state index contributed by atoms with van der Waals surface area (Å²) in [5.41, 5.74) is 0.620. The number of nitrogens with zero attached hydrogens (tertiary/aromatic N) is 4. The van der Waals surface area contributed by atoms with Crippen LogP contribution in [0.5, 0.6) is 0 Å². The van der Waals surface area contributed by atoms with Crippen LogP contribution in [0.1, 0.15) is 45.6 Å². The molecule has 1 saturated carbocycles. The van der Waals surface area contributed by atoms with Gasteiger partial charge in [-0.2, -0.15) is 0 Å². The Labute approximate surface area is 173 Å². The summed E-state index contributed by atoms with van der Waals surface area (Å²) in [7, 11) is 0. The number of aromatic nitrogens is 1. The Morgan fingerprint density at radius 3 is 2.38 bits per heavy atom. The SMILES string of the molecule is C[C@@H]1CC(C)(C)C[C@]2(C1)NC(=O)N(CN1CCN(Cc3ccncc3)CC1)C2=O. The van der Waals surface area contributed by atoms with Crippen LogP contribution in [0.2, 0.25) is 0 Å².